The van der Waals surface area contributed by atoms with E-state index >= 15 is 0 Å². The molecular weight excluding hydrogens is 562 g/mol. The van der Waals surface area contributed by atoms with Gasteiger partial charge < -0.3 is 38.8 Å². The quantitative estimate of drug-likeness (QED) is 0.133. The van der Waals surface area contributed by atoms with Crippen molar-refractivity contribution < 1.29 is 52.7 Å². The van der Waals surface area contributed by atoms with E-state index in [0.29, 0.717) is 18.4 Å². The van der Waals surface area contributed by atoms with Gasteiger partial charge in [-0.25, -0.2) is 14.4 Å². The lowest BCUT2D eigenvalue weighted by molar-refractivity contribution is -0.139. The highest BCUT2D eigenvalue weighted by atomic mass is 16.8. The molecule has 0 aromatic heterocycles. The van der Waals surface area contributed by atoms with Gasteiger partial charge in [-0.15, -0.1) is 0 Å². The van der Waals surface area contributed by atoms with E-state index in [1.165, 1.54) is 12.1 Å². The zero-order chi connectivity index (χ0) is 32.2. The monoisotopic (exact) mass is 609 g/mol. The van der Waals surface area contributed by atoms with E-state index in [-0.39, 0.29) is 30.6 Å². The number of benzene rings is 1. The minimum atomic E-state index is -1.14. The summed E-state index contributed by atoms with van der Waals surface area (Å²) in [5, 5.41) is 12.7. The molecule has 242 valence electrons. The fraction of sp³-hybridized carbons (Fsp3) is 0.677. The Balaban J connectivity index is 2.11. The Morgan fingerprint density at radius 3 is 1.98 bits per heavy atom. The van der Waals surface area contributed by atoms with Crippen LogP contribution in [0.5, 0.6) is 11.5 Å². The number of carbonyl (C=O) groups is 4. The Morgan fingerprint density at radius 2 is 1.44 bits per heavy atom. The van der Waals surface area contributed by atoms with Crippen molar-refractivity contribution in [1.29, 1.82) is 0 Å². The van der Waals surface area contributed by atoms with Crippen molar-refractivity contribution in [2.75, 3.05) is 6.54 Å². The summed E-state index contributed by atoms with van der Waals surface area (Å²) in [4.78, 5) is 49.2. The summed E-state index contributed by atoms with van der Waals surface area (Å²) in [6.45, 7) is 12.3. The van der Waals surface area contributed by atoms with Crippen LogP contribution < -0.4 is 14.8 Å². The summed E-state index contributed by atoms with van der Waals surface area (Å²) < 4.78 is 32.1. The van der Waals surface area contributed by atoms with Crippen molar-refractivity contribution in [1.82, 2.24) is 5.32 Å². The zero-order valence-electron chi connectivity index (χ0n) is 26.4. The van der Waals surface area contributed by atoms with E-state index in [4.69, 9.17) is 28.4 Å². The van der Waals surface area contributed by atoms with Gasteiger partial charge in [0.15, 0.2) is 11.5 Å². The molecule has 1 saturated carbocycles. The third-order valence-corrected chi connectivity index (χ3v) is 7.32. The summed E-state index contributed by atoms with van der Waals surface area (Å²) in [5.41, 5.74) is -1.13. The average molecular weight is 610 g/mol. The molecule has 0 aliphatic heterocycles. The molecule has 2 rings (SSSR count). The molecule has 0 bridgehead atoms. The van der Waals surface area contributed by atoms with Gasteiger partial charge in [-0.2, -0.15) is 0 Å². The second kappa shape index (κ2) is 16.3. The third-order valence-electron chi connectivity index (χ3n) is 7.32. The predicted octanol–water partition coefficient (Wildman–Crippen LogP) is 6.55. The van der Waals surface area contributed by atoms with E-state index in [9.17, 15) is 24.3 Å². The highest BCUT2D eigenvalue weighted by Crippen LogP contribution is 2.31. The summed E-state index contributed by atoms with van der Waals surface area (Å²) in [6, 6.07) is 3.24. The van der Waals surface area contributed by atoms with E-state index in [1.807, 2.05) is 13.8 Å². The fourth-order valence-electron chi connectivity index (χ4n) is 4.00. The summed E-state index contributed by atoms with van der Waals surface area (Å²) >= 11 is 0. The van der Waals surface area contributed by atoms with Crippen molar-refractivity contribution in [3.8, 4) is 11.5 Å². The Kier molecular flexibility index (Phi) is 13.6. The number of carboxylic acids is 1. The van der Waals surface area contributed by atoms with Crippen molar-refractivity contribution in [2.24, 2.45) is 0 Å². The Bertz CT molecular complexity index is 1100. The first-order valence-corrected chi connectivity index (χ1v) is 14.9. The lowest BCUT2D eigenvalue weighted by Gasteiger charge is -2.24. The Hall–Kier alpha value is -3.54. The highest BCUT2D eigenvalue weighted by Gasteiger charge is 2.27. The first-order chi connectivity index (χ1) is 20.1. The standard InChI is InChI=1S/C31H47NO11/c1-8-30(4,5)42-28(36)40-24-16-15-21(18-25(24)41-29(37)43-31(6,7)9-2)17-23(26(33)34)32-19-20(3)38-27(35)39-22-13-11-10-12-14-22/h15-16,18,20,22-23,32H,8-14,17,19H2,1-7H3,(H,33,34)/t20?,23-/m0/s1. The van der Waals surface area contributed by atoms with Crippen LogP contribution in [-0.4, -0.2) is 65.5 Å². The number of aliphatic carboxylic acids is 1. The van der Waals surface area contributed by atoms with Crippen molar-refractivity contribution in [2.45, 2.75) is 129 Å². The lowest BCUT2D eigenvalue weighted by Crippen LogP contribution is -2.43. The summed E-state index contributed by atoms with van der Waals surface area (Å²) in [6.07, 6.45) is 2.20. The largest absolute Gasteiger partial charge is 0.514 e. The second-order valence-corrected chi connectivity index (χ2v) is 12.0. The van der Waals surface area contributed by atoms with Gasteiger partial charge in [0, 0.05) is 6.54 Å². The molecule has 43 heavy (non-hydrogen) atoms. The van der Waals surface area contributed by atoms with E-state index in [2.05, 4.69) is 5.32 Å². The van der Waals surface area contributed by atoms with Crippen LogP contribution in [-0.2, 0) is 30.2 Å². The van der Waals surface area contributed by atoms with Crippen LogP contribution in [0.2, 0.25) is 0 Å². The van der Waals surface area contributed by atoms with Gasteiger partial charge in [0.2, 0.25) is 0 Å². The molecule has 2 atom stereocenters. The fourth-order valence-corrected chi connectivity index (χ4v) is 4.00. The molecule has 1 aromatic rings. The number of rotatable bonds is 14. The van der Waals surface area contributed by atoms with Gasteiger partial charge >= 0.3 is 24.4 Å². The molecule has 1 aliphatic carbocycles. The number of ether oxygens (including phenoxy) is 6. The first kappa shape index (κ1) is 35.7. The molecule has 1 aliphatic rings. The molecule has 1 unspecified atom stereocenters. The van der Waals surface area contributed by atoms with Gasteiger partial charge in [-0.1, -0.05) is 26.3 Å². The highest BCUT2D eigenvalue weighted by molar-refractivity contribution is 5.74. The zero-order valence-corrected chi connectivity index (χ0v) is 26.4. The van der Waals surface area contributed by atoms with Crippen LogP contribution in [0.15, 0.2) is 18.2 Å². The number of carboxylic acid groups (broad SMARTS) is 1. The lowest BCUT2D eigenvalue weighted by atomic mass is 9.98. The third kappa shape index (κ3) is 13.1. The minimum absolute atomic E-state index is 0.0337. The maximum Gasteiger partial charge on any atom is 0.514 e. The van der Waals surface area contributed by atoms with E-state index in [1.54, 1.807) is 40.7 Å². The van der Waals surface area contributed by atoms with Gasteiger partial charge in [0.05, 0.1) is 0 Å². The van der Waals surface area contributed by atoms with E-state index in [0.717, 1.165) is 32.1 Å². The molecule has 0 spiro atoms. The smallest absolute Gasteiger partial charge is 0.480 e. The molecular formula is C31H47NO11. The summed E-state index contributed by atoms with van der Waals surface area (Å²) in [5.74, 6) is -1.40. The van der Waals surface area contributed by atoms with Crippen LogP contribution in [0.3, 0.4) is 0 Å². The molecule has 12 nitrogen and oxygen atoms in total. The SMILES string of the molecule is CCC(C)(C)OC(=O)Oc1ccc(C[C@H](NCC(C)OC(=O)OC2CCCCC2)C(=O)O)cc1OC(=O)OC(C)(C)CC. The van der Waals surface area contributed by atoms with Gasteiger partial charge in [0.1, 0.15) is 29.5 Å². The van der Waals surface area contributed by atoms with Crippen LogP contribution in [0.4, 0.5) is 14.4 Å². The second-order valence-electron chi connectivity index (χ2n) is 12.0. The number of carbonyl (C=O) groups excluding carboxylic acids is 3. The topological polar surface area (TPSA) is 156 Å². The van der Waals surface area contributed by atoms with E-state index < -0.39 is 47.8 Å². The maximum absolute atomic E-state index is 12.6. The van der Waals surface area contributed by atoms with Crippen LogP contribution in [0.1, 0.15) is 99.0 Å². The Morgan fingerprint density at radius 1 is 0.884 bits per heavy atom. The van der Waals surface area contributed by atoms with Gasteiger partial charge in [-0.3, -0.25) is 4.79 Å². The van der Waals surface area contributed by atoms with Crippen molar-refractivity contribution in [3.05, 3.63) is 23.8 Å². The van der Waals surface area contributed by atoms with Crippen LogP contribution in [0.25, 0.3) is 0 Å². The Labute approximate surface area is 253 Å². The number of nitrogens with one attached hydrogen (secondary N) is 1. The molecule has 0 heterocycles. The van der Waals surface area contributed by atoms with Crippen molar-refractivity contribution >= 4 is 24.4 Å². The molecule has 1 fully saturated rings. The van der Waals surface area contributed by atoms with Gasteiger partial charge in [0.25, 0.3) is 0 Å². The van der Waals surface area contributed by atoms with Crippen molar-refractivity contribution in [3.63, 3.8) is 0 Å². The molecule has 0 amide bonds. The number of hydrogen-bond donors (Lipinski definition) is 2. The minimum Gasteiger partial charge on any atom is -0.480 e. The summed E-state index contributed by atoms with van der Waals surface area (Å²) in [7, 11) is 0. The maximum atomic E-state index is 12.6. The molecule has 2 N–H and O–H groups in total. The van der Waals surface area contributed by atoms with Gasteiger partial charge in [-0.05, 0) is 97.3 Å². The van der Waals surface area contributed by atoms with Crippen LogP contribution >= 0.6 is 0 Å². The molecule has 0 radical (unpaired) electrons. The first-order valence-electron chi connectivity index (χ1n) is 14.9. The predicted molar refractivity (Wildman–Crippen MR) is 156 cm³/mol. The normalized spacial score (nSPS) is 15.5. The van der Waals surface area contributed by atoms with Crippen LogP contribution in [0, 0.1) is 0 Å². The molecule has 0 saturated heterocycles. The molecule has 1 aromatic carbocycles. The molecule has 12 heteroatoms. The average Bonchev–Trinajstić information content (AvgIpc) is 2.92. The number of hydrogen-bond acceptors (Lipinski definition) is 11.